The smallest absolute Gasteiger partial charge is 2.00 e. The van der Waals surface area contributed by atoms with Gasteiger partial charge in [0.1, 0.15) is 0 Å². The molecule has 0 heterocycles. The standard InChI is InChI=1S/Ba.Cr.Cu.3O.Ti/q+2;;;3*-2;+4. The largest absolute Gasteiger partial charge is 4.00 e. The summed E-state index contributed by atoms with van der Waals surface area (Å²) in [5, 5.41) is 0. The fourth-order valence-corrected chi connectivity index (χ4v) is 0. The summed E-state index contributed by atoms with van der Waals surface area (Å²) < 4.78 is 0. The van der Waals surface area contributed by atoms with Crippen molar-refractivity contribution < 1.29 is 72.6 Å². The van der Waals surface area contributed by atoms with Gasteiger partial charge < -0.3 is 16.4 Å². The average Bonchev–Trinajstić information content (AvgIpc) is 0. The minimum absolute atomic E-state index is 0. The first kappa shape index (κ1) is 83.9. The van der Waals surface area contributed by atoms with Gasteiger partial charge in [-0.3, -0.25) is 0 Å². The van der Waals surface area contributed by atoms with Gasteiger partial charge in [-0.05, 0) is 0 Å². The third-order valence-electron chi connectivity index (χ3n) is 0. The second-order valence-electron chi connectivity index (χ2n) is 0. The predicted molar refractivity (Wildman–Crippen MR) is 7.81 cm³/mol. The van der Waals surface area contributed by atoms with Gasteiger partial charge in [0.25, 0.3) is 0 Å². The molecule has 0 aliphatic carbocycles. The molecule has 0 aromatic heterocycles. The maximum Gasteiger partial charge on any atom is 4.00 e. The molecule has 0 fully saturated rings. The summed E-state index contributed by atoms with van der Waals surface area (Å²) in [6.07, 6.45) is 0. The van der Waals surface area contributed by atoms with Crippen molar-refractivity contribution in [2.75, 3.05) is 0 Å². The van der Waals surface area contributed by atoms with Crippen molar-refractivity contribution in [2.24, 2.45) is 0 Å². The molecule has 0 rings (SSSR count). The van der Waals surface area contributed by atoms with Crippen LogP contribution in [0.4, 0.5) is 0 Å². The van der Waals surface area contributed by atoms with E-state index < -0.39 is 0 Å². The number of rotatable bonds is 0. The molecule has 41 valence electrons. The van der Waals surface area contributed by atoms with Crippen LogP contribution in [-0.4, -0.2) is 48.9 Å². The zero-order valence-corrected chi connectivity index (χ0v) is 11.4. The SMILES string of the molecule is [Ba+2].[Cr].[Cu].[O-2].[O-2].[O-2].[Ti+4]. The zero-order chi connectivity index (χ0) is 0. The summed E-state index contributed by atoms with van der Waals surface area (Å²) in [4.78, 5) is 0. The van der Waals surface area contributed by atoms with Gasteiger partial charge in [0.05, 0.1) is 0 Å². The van der Waals surface area contributed by atoms with Crippen LogP contribution in [0.15, 0.2) is 0 Å². The van der Waals surface area contributed by atoms with Crippen molar-refractivity contribution in [1.29, 1.82) is 0 Å². The second kappa shape index (κ2) is 60.1. The Morgan fingerprint density at radius 3 is 0.714 bits per heavy atom. The van der Waals surface area contributed by atoms with Crippen LogP contribution in [0.1, 0.15) is 0 Å². The van der Waals surface area contributed by atoms with Crippen LogP contribution in [0.25, 0.3) is 0 Å². The van der Waals surface area contributed by atoms with Crippen LogP contribution in [0, 0.1) is 0 Å². The van der Waals surface area contributed by atoms with E-state index in [1.165, 1.54) is 0 Å². The minimum Gasteiger partial charge on any atom is -2.00 e. The van der Waals surface area contributed by atoms with Gasteiger partial charge in [0, 0.05) is 34.4 Å². The van der Waals surface area contributed by atoms with Crippen molar-refractivity contribution in [3.05, 3.63) is 0 Å². The Bertz CT molecular complexity index is 14.9. The van der Waals surface area contributed by atoms with Crippen LogP contribution in [0.3, 0.4) is 0 Å². The van der Waals surface area contributed by atoms with Crippen molar-refractivity contribution in [2.45, 2.75) is 0 Å². The maximum absolute atomic E-state index is 0. The topological polar surface area (TPSA) is 85.5 Å². The summed E-state index contributed by atoms with van der Waals surface area (Å²) >= 11 is 0. The normalized spacial score (nSPS) is 0. The summed E-state index contributed by atoms with van der Waals surface area (Å²) in [5.74, 6) is 0. The van der Waals surface area contributed by atoms with Gasteiger partial charge in [-0.25, -0.2) is 0 Å². The monoisotopic (exact) mass is 349 g/mol. The Hall–Kier alpha value is 3.22. The van der Waals surface area contributed by atoms with Crippen LogP contribution in [0.5, 0.6) is 0 Å². The summed E-state index contributed by atoms with van der Waals surface area (Å²) in [7, 11) is 0. The zero-order valence-electron chi connectivity index (χ0n) is 3.14. The van der Waals surface area contributed by atoms with Gasteiger partial charge >= 0.3 is 70.6 Å². The Labute approximate surface area is 119 Å². The van der Waals surface area contributed by atoms with Crippen LogP contribution < -0.4 is 0 Å². The molecule has 3 nitrogen and oxygen atoms in total. The first-order valence-electron chi connectivity index (χ1n) is 0. The van der Waals surface area contributed by atoms with E-state index in [0.717, 1.165) is 0 Å². The molecule has 1 radical (unpaired) electrons. The second-order valence-corrected chi connectivity index (χ2v) is 0. The molecule has 0 bridgehead atoms. The molecule has 0 spiro atoms. The Kier molecular flexibility index (Phi) is 720. The molecule has 0 unspecified atom stereocenters. The van der Waals surface area contributed by atoms with E-state index in [-0.39, 0.29) is 121 Å². The van der Waals surface area contributed by atoms with E-state index in [0.29, 0.717) is 0 Å². The summed E-state index contributed by atoms with van der Waals surface area (Å²) in [6.45, 7) is 0. The maximum atomic E-state index is 0. The van der Waals surface area contributed by atoms with Gasteiger partial charge in [-0.1, -0.05) is 0 Å². The molecule has 0 atom stereocenters. The van der Waals surface area contributed by atoms with Crippen molar-refractivity contribution >= 4 is 48.9 Å². The molecule has 0 aromatic carbocycles. The van der Waals surface area contributed by atoms with E-state index in [4.69, 9.17) is 0 Å². The van der Waals surface area contributed by atoms with Crippen LogP contribution >= 0.6 is 0 Å². The fraction of sp³-hybridized carbons (Fsp3) is 0. The van der Waals surface area contributed by atoms with E-state index in [1.807, 2.05) is 0 Å². The number of hydrogen-bond donors (Lipinski definition) is 0. The summed E-state index contributed by atoms with van der Waals surface area (Å²) in [5.41, 5.74) is 0. The first-order chi connectivity index (χ1) is 0. The predicted octanol–water partition coefficient (Wildman–Crippen LogP) is -0.745. The Morgan fingerprint density at radius 2 is 0.714 bits per heavy atom. The molecule has 0 aliphatic rings. The summed E-state index contributed by atoms with van der Waals surface area (Å²) in [6, 6.07) is 0. The third kappa shape index (κ3) is 46.4. The van der Waals surface area contributed by atoms with Crippen molar-refractivity contribution in [1.82, 2.24) is 0 Å². The molecule has 7 heteroatoms. The molecule has 0 aliphatic heterocycles. The minimum atomic E-state index is 0. The van der Waals surface area contributed by atoms with E-state index in [9.17, 15) is 0 Å². The molecule has 0 N–H and O–H groups in total. The molecular weight excluding hydrogens is 349 g/mol. The number of hydrogen-bond acceptors (Lipinski definition) is 0. The van der Waals surface area contributed by atoms with Gasteiger partial charge in [-0.2, -0.15) is 0 Å². The molecular formula is BaCrCuO3Ti. The van der Waals surface area contributed by atoms with Gasteiger partial charge in [-0.15, -0.1) is 0 Å². The van der Waals surface area contributed by atoms with Crippen LogP contribution in [0.2, 0.25) is 0 Å². The molecule has 0 saturated carbocycles. The fourth-order valence-electron chi connectivity index (χ4n) is 0. The molecule has 0 aromatic rings. The quantitative estimate of drug-likeness (QED) is 0.516. The van der Waals surface area contributed by atoms with Gasteiger partial charge in [0.2, 0.25) is 0 Å². The Balaban J connectivity index is 0. The molecule has 0 amide bonds. The Morgan fingerprint density at radius 1 is 0.714 bits per heavy atom. The van der Waals surface area contributed by atoms with E-state index in [2.05, 4.69) is 0 Å². The van der Waals surface area contributed by atoms with Crippen molar-refractivity contribution in [3.8, 4) is 0 Å². The average molecular weight is 349 g/mol. The molecule has 7 heavy (non-hydrogen) atoms. The van der Waals surface area contributed by atoms with E-state index in [1.54, 1.807) is 0 Å². The van der Waals surface area contributed by atoms with Gasteiger partial charge in [0.15, 0.2) is 0 Å². The third-order valence-corrected chi connectivity index (χ3v) is 0. The van der Waals surface area contributed by atoms with Crippen LogP contribution in [-0.2, 0) is 72.6 Å². The first-order valence-corrected chi connectivity index (χ1v) is 0. The molecule has 0 saturated heterocycles. The van der Waals surface area contributed by atoms with E-state index >= 15 is 0 Å². The van der Waals surface area contributed by atoms with Crippen molar-refractivity contribution in [3.63, 3.8) is 0 Å².